The molecular formula is C20H38O2. The minimum absolute atomic E-state index is 0.410. The van der Waals surface area contributed by atoms with E-state index in [0.717, 1.165) is 25.0 Å². The number of rotatable bonds is 10. The van der Waals surface area contributed by atoms with E-state index in [1.165, 1.54) is 51.4 Å². The molecule has 0 bridgehead atoms. The third kappa shape index (κ3) is 5.53. The highest BCUT2D eigenvalue weighted by Gasteiger charge is 2.46. The van der Waals surface area contributed by atoms with Crippen molar-refractivity contribution in [2.24, 2.45) is 23.7 Å². The number of fused-ring (bicyclic) bond motifs is 1. The lowest BCUT2D eigenvalue weighted by Crippen LogP contribution is -2.26. The molecule has 2 rings (SSSR count). The predicted molar refractivity (Wildman–Crippen MR) is 93.1 cm³/mol. The van der Waals surface area contributed by atoms with E-state index < -0.39 is 0 Å². The molecule has 0 radical (unpaired) electrons. The average molecular weight is 311 g/mol. The normalized spacial score (nSPS) is 31.4. The first-order valence-electron chi connectivity index (χ1n) is 9.81. The topological polar surface area (TPSA) is 18.5 Å². The van der Waals surface area contributed by atoms with Crippen LogP contribution < -0.4 is 0 Å². The van der Waals surface area contributed by atoms with Gasteiger partial charge in [-0.2, -0.15) is 0 Å². The zero-order valence-corrected chi connectivity index (χ0v) is 15.4. The summed E-state index contributed by atoms with van der Waals surface area (Å²) in [5, 5.41) is 0. The molecule has 0 aromatic rings. The van der Waals surface area contributed by atoms with Crippen LogP contribution in [0.5, 0.6) is 0 Å². The van der Waals surface area contributed by atoms with Gasteiger partial charge in [-0.05, 0) is 24.7 Å². The lowest BCUT2D eigenvalue weighted by atomic mass is 9.89. The van der Waals surface area contributed by atoms with Gasteiger partial charge in [-0.3, -0.25) is 0 Å². The van der Waals surface area contributed by atoms with Crippen LogP contribution in [0.4, 0.5) is 0 Å². The number of hydrogen-bond donors (Lipinski definition) is 0. The first-order chi connectivity index (χ1) is 10.6. The van der Waals surface area contributed by atoms with Crippen molar-refractivity contribution in [3.63, 3.8) is 0 Å². The largest absolute Gasteiger partial charge is 0.375 e. The molecule has 0 aliphatic carbocycles. The second kappa shape index (κ2) is 9.27. The molecule has 4 unspecified atom stereocenters. The van der Waals surface area contributed by atoms with Crippen LogP contribution in [-0.2, 0) is 9.47 Å². The average Bonchev–Trinajstić information content (AvgIpc) is 3.01. The Morgan fingerprint density at radius 3 is 1.73 bits per heavy atom. The first kappa shape index (κ1) is 18.3. The molecule has 0 aromatic carbocycles. The van der Waals surface area contributed by atoms with Crippen LogP contribution in [0.3, 0.4) is 0 Å². The fourth-order valence-electron chi connectivity index (χ4n) is 4.08. The van der Waals surface area contributed by atoms with E-state index in [2.05, 4.69) is 27.7 Å². The van der Waals surface area contributed by atoms with E-state index in [9.17, 15) is 0 Å². The van der Waals surface area contributed by atoms with Gasteiger partial charge in [0.25, 0.3) is 0 Å². The van der Waals surface area contributed by atoms with Crippen LogP contribution in [0.1, 0.15) is 79.1 Å². The summed E-state index contributed by atoms with van der Waals surface area (Å²) in [4.78, 5) is 0. The molecule has 22 heavy (non-hydrogen) atoms. The Morgan fingerprint density at radius 2 is 1.18 bits per heavy atom. The minimum Gasteiger partial charge on any atom is -0.375 e. The van der Waals surface area contributed by atoms with Crippen LogP contribution in [-0.4, -0.2) is 25.4 Å². The smallest absolute Gasteiger partial charge is 0.0890 e. The maximum atomic E-state index is 6.13. The summed E-state index contributed by atoms with van der Waals surface area (Å²) >= 11 is 0. The molecule has 130 valence electrons. The Bertz CT molecular complexity index is 300. The fraction of sp³-hybridized carbons (Fsp3) is 1.00. The Hall–Kier alpha value is -0.0800. The molecule has 2 fully saturated rings. The SMILES string of the molecule is CC(C)CCCCCC1COC2C(CCCC(C)C)COC12. The monoisotopic (exact) mass is 310 g/mol. The maximum Gasteiger partial charge on any atom is 0.0890 e. The highest BCUT2D eigenvalue weighted by atomic mass is 16.6. The molecular weight excluding hydrogens is 272 g/mol. The molecule has 2 saturated heterocycles. The molecule has 0 aromatic heterocycles. The Balaban J connectivity index is 1.62. The van der Waals surface area contributed by atoms with E-state index >= 15 is 0 Å². The van der Waals surface area contributed by atoms with E-state index in [1.807, 2.05) is 0 Å². The summed E-state index contributed by atoms with van der Waals surface area (Å²) in [5.74, 6) is 3.00. The van der Waals surface area contributed by atoms with Gasteiger partial charge in [-0.1, -0.05) is 66.2 Å². The standard InChI is InChI=1S/C20H38O2/c1-15(2)9-6-5-7-11-17-13-21-20-18(14-22-19(17)20)12-8-10-16(3)4/h15-20H,5-14H2,1-4H3. The van der Waals surface area contributed by atoms with Gasteiger partial charge in [0.1, 0.15) is 0 Å². The van der Waals surface area contributed by atoms with Crippen LogP contribution in [0.15, 0.2) is 0 Å². The predicted octanol–water partition coefficient (Wildman–Crippen LogP) is 5.45. The molecule has 0 spiro atoms. The van der Waals surface area contributed by atoms with Crippen LogP contribution >= 0.6 is 0 Å². The number of unbranched alkanes of at least 4 members (excludes halogenated alkanes) is 2. The van der Waals surface area contributed by atoms with E-state index in [0.29, 0.717) is 24.0 Å². The second-order valence-corrected chi connectivity index (χ2v) is 8.47. The lowest BCUT2D eigenvalue weighted by Gasteiger charge is -2.17. The highest BCUT2D eigenvalue weighted by Crippen LogP contribution is 2.39. The molecule has 0 saturated carbocycles. The first-order valence-corrected chi connectivity index (χ1v) is 9.81. The van der Waals surface area contributed by atoms with Crippen LogP contribution in [0, 0.1) is 23.7 Å². The molecule has 2 nitrogen and oxygen atoms in total. The van der Waals surface area contributed by atoms with Crippen LogP contribution in [0.25, 0.3) is 0 Å². The van der Waals surface area contributed by atoms with Gasteiger partial charge in [0.15, 0.2) is 0 Å². The van der Waals surface area contributed by atoms with Crippen molar-refractivity contribution in [1.29, 1.82) is 0 Å². The van der Waals surface area contributed by atoms with Crippen molar-refractivity contribution >= 4 is 0 Å². The summed E-state index contributed by atoms with van der Waals surface area (Å²) in [6.45, 7) is 11.2. The van der Waals surface area contributed by atoms with Gasteiger partial charge >= 0.3 is 0 Å². The summed E-state index contributed by atoms with van der Waals surface area (Å²) in [5.41, 5.74) is 0. The second-order valence-electron chi connectivity index (χ2n) is 8.47. The van der Waals surface area contributed by atoms with Crippen molar-refractivity contribution in [2.75, 3.05) is 13.2 Å². The van der Waals surface area contributed by atoms with E-state index in [4.69, 9.17) is 9.47 Å². The van der Waals surface area contributed by atoms with Gasteiger partial charge in [0.05, 0.1) is 25.4 Å². The van der Waals surface area contributed by atoms with Crippen molar-refractivity contribution in [3.8, 4) is 0 Å². The van der Waals surface area contributed by atoms with Gasteiger partial charge < -0.3 is 9.47 Å². The minimum atomic E-state index is 0.410. The van der Waals surface area contributed by atoms with E-state index in [1.54, 1.807) is 0 Å². The van der Waals surface area contributed by atoms with Crippen molar-refractivity contribution in [3.05, 3.63) is 0 Å². The van der Waals surface area contributed by atoms with Gasteiger partial charge in [-0.15, -0.1) is 0 Å². The summed E-state index contributed by atoms with van der Waals surface area (Å²) in [6.07, 6.45) is 11.6. The molecule has 2 aliphatic rings. The molecule has 4 atom stereocenters. The Labute approximate surface area is 138 Å². The fourth-order valence-corrected chi connectivity index (χ4v) is 4.08. The quantitative estimate of drug-likeness (QED) is 0.500. The zero-order valence-electron chi connectivity index (χ0n) is 15.4. The third-order valence-corrected chi connectivity index (χ3v) is 5.47. The van der Waals surface area contributed by atoms with Gasteiger partial charge in [-0.25, -0.2) is 0 Å². The summed E-state index contributed by atoms with van der Waals surface area (Å²) < 4.78 is 12.3. The van der Waals surface area contributed by atoms with E-state index in [-0.39, 0.29) is 0 Å². The van der Waals surface area contributed by atoms with Crippen LogP contribution in [0.2, 0.25) is 0 Å². The zero-order chi connectivity index (χ0) is 15.9. The Morgan fingerprint density at radius 1 is 0.682 bits per heavy atom. The molecule has 2 heteroatoms. The summed E-state index contributed by atoms with van der Waals surface area (Å²) in [6, 6.07) is 0. The van der Waals surface area contributed by atoms with Crippen molar-refractivity contribution in [2.45, 2.75) is 91.3 Å². The molecule has 0 amide bonds. The van der Waals surface area contributed by atoms with Crippen molar-refractivity contribution < 1.29 is 9.47 Å². The summed E-state index contributed by atoms with van der Waals surface area (Å²) in [7, 11) is 0. The van der Waals surface area contributed by atoms with Crippen molar-refractivity contribution in [1.82, 2.24) is 0 Å². The molecule has 2 heterocycles. The maximum absolute atomic E-state index is 6.13. The molecule has 0 N–H and O–H groups in total. The lowest BCUT2D eigenvalue weighted by molar-refractivity contribution is 0.0588. The number of ether oxygens (including phenoxy) is 2. The number of hydrogen-bond acceptors (Lipinski definition) is 2. The Kier molecular flexibility index (Phi) is 7.70. The van der Waals surface area contributed by atoms with Gasteiger partial charge in [0, 0.05) is 11.8 Å². The molecule has 2 aliphatic heterocycles. The third-order valence-electron chi connectivity index (χ3n) is 5.47. The highest BCUT2D eigenvalue weighted by molar-refractivity contribution is 4.93. The van der Waals surface area contributed by atoms with Gasteiger partial charge in [0.2, 0.25) is 0 Å².